The van der Waals surface area contributed by atoms with E-state index in [-0.39, 0.29) is 9.79 Å². The Balaban J connectivity index is 1.75. The maximum atomic E-state index is 12.6. The molecule has 4 nitrogen and oxygen atoms in total. The number of sulfone groups is 1. The van der Waals surface area contributed by atoms with E-state index in [1.807, 2.05) is 24.3 Å². The molecule has 0 aliphatic carbocycles. The lowest BCUT2D eigenvalue weighted by molar-refractivity contribution is 0.200. The summed E-state index contributed by atoms with van der Waals surface area (Å²) in [6, 6.07) is 22.8. The van der Waals surface area contributed by atoms with E-state index >= 15 is 0 Å². The molecule has 1 atom stereocenters. The van der Waals surface area contributed by atoms with Crippen LogP contribution in [-0.2, 0) is 16.4 Å². The number of hydrogen-bond donors (Lipinski definition) is 2. The lowest BCUT2D eigenvalue weighted by atomic mass is 10.1. The lowest BCUT2D eigenvalue weighted by Gasteiger charge is -2.14. The highest BCUT2D eigenvalue weighted by atomic mass is 32.2. The first-order valence-electron chi connectivity index (χ1n) is 8.38. The molecule has 3 rings (SSSR count). The van der Waals surface area contributed by atoms with Crippen LogP contribution in [-0.4, -0.2) is 13.5 Å². The van der Waals surface area contributed by atoms with Crippen LogP contribution in [0.5, 0.6) is 0 Å². The van der Waals surface area contributed by atoms with E-state index in [0.717, 1.165) is 16.8 Å². The number of anilines is 1. The molecule has 3 aromatic rings. The number of benzene rings is 3. The summed E-state index contributed by atoms with van der Waals surface area (Å²) in [5.74, 6) is 0. The summed E-state index contributed by atoms with van der Waals surface area (Å²) >= 11 is 0. The van der Waals surface area contributed by atoms with Gasteiger partial charge in [0.15, 0.2) is 0 Å². The fourth-order valence-corrected chi connectivity index (χ4v) is 4.02. The molecule has 0 saturated carbocycles. The molecule has 0 heterocycles. The van der Waals surface area contributed by atoms with Crippen LogP contribution in [0.15, 0.2) is 88.7 Å². The molecule has 0 spiro atoms. The predicted octanol–water partition coefficient (Wildman–Crippen LogP) is 4.18. The monoisotopic (exact) mass is 367 g/mol. The highest BCUT2D eigenvalue weighted by Crippen LogP contribution is 2.24. The molecule has 0 bridgehead atoms. The second kappa shape index (κ2) is 7.72. The highest BCUT2D eigenvalue weighted by Gasteiger charge is 2.16. The van der Waals surface area contributed by atoms with Gasteiger partial charge in [-0.05, 0) is 42.8 Å². The van der Waals surface area contributed by atoms with Gasteiger partial charge in [-0.25, -0.2) is 8.42 Å². The van der Waals surface area contributed by atoms with Crippen LogP contribution in [0.25, 0.3) is 0 Å². The van der Waals surface area contributed by atoms with Crippen LogP contribution in [0.4, 0.5) is 5.69 Å². The van der Waals surface area contributed by atoms with Gasteiger partial charge in [-0.15, -0.1) is 0 Å². The van der Waals surface area contributed by atoms with Crippen molar-refractivity contribution in [1.82, 2.24) is 0 Å². The third-order valence-electron chi connectivity index (χ3n) is 4.18. The summed E-state index contributed by atoms with van der Waals surface area (Å²) in [6.45, 7) is 2.26. The first kappa shape index (κ1) is 18.2. The van der Waals surface area contributed by atoms with Crippen molar-refractivity contribution in [3.05, 3.63) is 90.0 Å². The van der Waals surface area contributed by atoms with E-state index in [0.29, 0.717) is 6.54 Å². The van der Waals surface area contributed by atoms with Crippen molar-refractivity contribution >= 4 is 15.5 Å². The third-order valence-corrected chi connectivity index (χ3v) is 5.97. The summed E-state index contributed by atoms with van der Waals surface area (Å²) in [5.41, 5.74) is 2.65. The van der Waals surface area contributed by atoms with E-state index < -0.39 is 15.9 Å². The minimum absolute atomic E-state index is 0.275. The number of nitrogens with one attached hydrogen (secondary N) is 1. The van der Waals surface area contributed by atoms with Crippen molar-refractivity contribution in [2.75, 3.05) is 5.32 Å². The largest absolute Gasteiger partial charge is 0.389 e. The molecular formula is C21H21NO3S. The summed E-state index contributed by atoms with van der Waals surface area (Å²) < 4.78 is 25.2. The minimum Gasteiger partial charge on any atom is -0.389 e. The minimum atomic E-state index is -3.49. The molecule has 0 aliphatic rings. The zero-order chi connectivity index (χ0) is 18.6. The lowest BCUT2D eigenvalue weighted by Crippen LogP contribution is -2.05. The van der Waals surface area contributed by atoms with Crippen molar-refractivity contribution in [2.24, 2.45) is 0 Å². The van der Waals surface area contributed by atoms with E-state index in [4.69, 9.17) is 0 Å². The molecule has 2 N–H and O–H groups in total. The standard InChI is InChI=1S/C21H21NO3S/c1-16(23)20-9-5-6-10-21(20)22-15-17-11-13-19(14-12-17)26(24,25)18-7-3-2-4-8-18/h2-14,16,22-23H,15H2,1H3/t16-/m0/s1. The molecule has 3 aromatic carbocycles. The van der Waals surface area contributed by atoms with Crippen LogP contribution < -0.4 is 5.32 Å². The Hall–Kier alpha value is -2.63. The van der Waals surface area contributed by atoms with E-state index in [1.165, 1.54) is 0 Å². The van der Waals surface area contributed by atoms with E-state index in [9.17, 15) is 13.5 Å². The van der Waals surface area contributed by atoms with Crippen LogP contribution in [0.2, 0.25) is 0 Å². The molecule has 0 unspecified atom stereocenters. The molecule has 0 fully saturated rings. The van der Waals surface area contributed by atoms with Crippen molar-refractivity contribution < 1.29 is 13.5 Å². The van der Waals surface area contributed by atoms with Gasteiger partial charge in [-0.1, -0.05) is 48.5 Å². The van der Waals surface area contributed by atoms with Gasteiger partial charge in [0.25, 0.3) is 0 Å². The van der Waals surface area contributed by atoms with E-state index in [1.54, 1.807) is 61.5 Å². The van der Waals surface area contributed by atoms with Crippen LogP contribution in [0.1, 0.15) is 24.2 Å². The Bertz CT molecular complexity index is 966. The first-order chi connectivity index (χ1) is 12.5. The van der Waals surface area contributed by atoms with Gasteiger partial charge >= 0.3 is 0 Å². The van der Waals surface area contributed by atoms with E-state index in [2.05, 4.69) is 5.32 Å². The smallest absolute Gasteiger partial charge is 0.206 e. The van der Waals surface area contributed by atoms with Gasteiger partial charge in [-0.3, -0.25) is 0 Å². The van der Waals surface area contributed by atoms with Gasteiger partial charge in [0.2, 0.25) is 9.84 Å². The highest BCUT2D eigenvalue weighted by molar-refractivity contribution is 7.91. The molecule has 0 amide bonds. The normalized spacial score (nSPS) is 12.5. The quantitative estimate of drug-likeness (QED) is 0.686. The molecule has 0 aromatic heterocycles. The Morgan fingerprint density at radius 3 is 2.08 bits per heavy atom. The molecule has 0 aliphatic heterocycles. The van der Waals surface area contributed by atoms with Gasteiger partial charge < -0.3 is 10.4 Å². The molecule has 0 saturated heterocycles. The average Bonchev–Trinajstić information content (AvgIpc) is 2.67. The molecule has 26 heavy (non-hydrogen) atoms. The molecule has 0 radical (unpaired) electrons. The Labute approximate surface area is 154 Å². The fourth-order valence-electron chi connectivity index (χ4n) is 2.74. The van der Waals surface area contributed by atoms with Crippen molar-refractivity contribution in [1.29, 1.82) is 0 Å². The third kappa shape index (κ3) is 3.95. The van der Waals surface area contributed by atoms with Crippen molar-refractivity contribution in [2.45, 2.75) is 29.4 Å². The van der Waals surface area contributed by atoms with Crippen molar-refractivity contribution in [3.8, 4) is 0 Å². The van der Waals surface area contributed by atoms with Gasteiger partial charge in [0.05, 0.1) is 15.9 Å². The summed E-state index contributed by atoms with van der Waals surface area (Å²) in [5, 5.41) is 13.1. The van der Waals surface area contributed by atoms with Crippen LogP contribution in [0.3, 0.4) is 0 Å². The summed E-state index contributed by atoms with van der Waals surface area (Å²) in [7, 11) is -3.49. The summed E-state index contributed by atoms with van der Waals surface area (Å²) in [4.78, 5) is 0.563. The zero-order valence-electron chi connectivity index (χ0n) is 14.5. The fraction of sp³-hybridized carbons (Fsp3) is 0.143. The van der Waals surface area contributed by atoms with Crippen LogP contribution in [0, 0.1) is 0 Å². The SMILES string of the molecule is C[C@H](O)c1ccccc1NCc1ccc(S(=O)(=O)c2ccccc2)cc1. The number of aliphatic hydroxyl groups is 1. The number of hydrogen-bond acceptors (Lipinski definition) is 4. The molecular weight excluding hydrogens is 346 g/mol. The van der Waals surface area contributed by atoms with Crippen molar-refractivity contribution in [3.63, 3.8) is 0 Å². The Morgan fingerprint density at radius 1 is 0.846 bits per heavy atom. The zero-order valence-corrected chi connectivity index (χ0v) is 15.3. The summed E-state index contributed by atoms with van der Waals surface area (Å²) in [6.07, 6.45) is -0.558. The average molecular weight is 367 g/mol. The Kier molecular flexibility index (Phi) is 5.40. The number of rotatable bonds is 6. The molecule has 134 valence electrons. The maximum Gasteiger partial charge on any atom is 0.206 e. The molecule has 5 heteroatoms. The predicted molar refractivity (Wildman–Crippen MR) is 103 cm³/mol. The second-order valence-electron chi connectivity index (χ2n) is 6.08. The first-order valence-corrected chi connectivity index (χ1v) is 9.87. The van der Waals surface area contributed by atoms with Crippen LogP contribution >= 0.6 is 0 Å². The maximum absolute atomic E-state index is 12.6. The number of para-hydroxylation sites is 1. The van der Waals surface area contributed by atoms with Gasteiger partial charge in [0.1, 0.15) is 0 Å². The number of aliphatic hydroxyl groups excluding tert-OH is 1. The Morgan fingerprint density at radius 2 is 1.42 bits per heavy atom. The topological polar surface area (TPSA) is 66.4 Å². The van der Waals surface area contributed by atoms with Gasteiger partial charge in [0, 0.05) is 17.8 Å². The second-order valence-corrected chi connectivity index (χ2v) is 8.03. The van der Waals surface area contributed by atoms with Gasteiger partial charge in [-0.2, -0.15) is 0 Å².